The van der Waals surface area contributed by atoms with Gasteiger partial charge in [0.1, 0.15) is 12.4 Å². The smallest absolute Gasteiger partial charge is 0.320 e. The van der Waals surface area contributed by atoms with Gasteiger partial charge in [-0.05, 0) is 6.07 Å². The molecule has 2 aromatic rings. The number of non-ortho nitro benzene ring substituents is 1. The van der Waals surface area contributed by atoms with Crippen LogP contribution < -0.4 is 4.74 Å². The molecule has 0 saturated heterocycles. The fraction of sp³-hybridized carbons (Fsp3) is 0.182. The van der Waals surface area contributed by atoms with Gasteiger partial charge in [0.25, 0.3) is 5.69 Å². The molecule has 9 heteroatoms. The average Bonchev–Trinajstić information content (AvgIpc) is 2.86. The van der Waals surface area contributed by atoms with Crippen molar-refractivity contribution in [3.63, 3.8) is 0 Å². The molecule has 0 aliphatic carbocycles. The van der Waals surface area contributed by atoms with Gasteiger partial charge in [-0.1, -0.05) is 11.6 Å². The summed E-state index contributed by atoms with van der Waals surface area (Å²) in [5.74, 6) is 0.0206. The third-order valence-electron chi connectivity index (χ3n) is 2.44. The van der Waals surface area contributed by atoms with Crippen LogP contribution in [0.5, 0.6) is 5.75 Å². The van der Waals surface area contributed by atoms with Crippen molar-refractivity contribution in [3.05, 3.63) is 51.6 Å². The topological polar surface area (TPSA) is 70.2 Å². The predicted octanol–water partition coefficient (Wildman–Crippen LogP) is 3.42. The number of rotatable bonds is 5. The Labute approximate surface area is 116 Å². The first-order valence-electron chi connectivity index (χ1n) is 5.35. The SMILES string of the molecule is O=[N+]([O-])c1ccc(Cl)c(OCc2nccn2C(F)F)c1. The Morgan fingerprint density at radius 3 is 2.90 bits per heavy atom. The van der Waals surface area contributed by atoms with Crippen LogP contribution in [0.3, 0.4) is 0 Å². The van der Waals surface area contributed by atoms with Crippen LogP contribution in [0, 0.1) is 10.1 Å². The van der Waals surface area contributed by atoms with Crippen molar-refractivity contribution in [2.45, 2.75) is 13.2 Å². The number of nitrogens with zero attached hydrogens (tertiary/aromatic N) is 3. The molecule has 0 saturated carbocycles. The molecule has 2 rings (SSSR count). The van der Waals surface area contributed by atoms with E-state index in [9.17, 15) is 18.9 Å². The number of hydrogen-bond donors (Lipinski definition) is 0. The lowest BCUT2D eigenvalue weighted by Gasteiger charge is -2.09. The monoisotopic (exact) mass is 303 g/mol. The Balaban J connectivity index is 2.16. The maximum absolute atomic E-state index is 12.6. The average molecular weight is 304 g/mol. The minimum atomic E-state index is -2.74. The molecule has 1 aromatic heterocycles. The summed E-state index contributed by atoms with van der Waals surface area (Å²) in [5.41, 5.74) is -0.207. The standard InChI is InChI=1S/C11H8ClF2N3O3/c12-8-2-1-7(17(18)19)5-9(8)20-6-10-15-3-4-16(10)11(13)14/h1-5,11H,6H2. The van der Waals surface area contributed by atoms with E-state index in [0.29, 0.717) is 4.57 Å². The van der Waals surface area contributed by atoms with Crippen LogP contribution >= 0.6 is 11.6 Å². The van der Waals surface area contributed by atoms with Gasteiger partial charge < -0.3 is 4.74 Å². The molecule has 0 unspecified atom stereocenters. The summed E-state index contributed by atoms with van der Waals surface area (Å²) in [6.45, 7) is -3.02. The normalized spacial score (nSPS) is 10.8. The Bertz CT molecular complexity index is 633. The van der Waals surface area contributed by atoms with Gasteiger partial charge in [0.15, 0.2) is 5.82 Å². The lowest BCUT2D eigenvalue weighted by Crippen LogP contribution is -2.07. The lowest BCUT2D eigenvalue weighted by molar-refractivity contribution is -0.384. The van der Waals surface area contributed by atoms with Crippen molar-refractivity contribution in [1.82, 2.24) is 9.55 Å². The molecule has 0 radical (unpaired) electrons. The zero-order valence-corrected chi connectivity index (χ0v) is 10.6. The van der Waals surface area contributed by atoms with Crippen molar-refractivity contribution in [3.8, 4) is 5.75 Å². The molecule has 0 amide bonds. The molecule has 106 valence electrons. The van der Waals surface area contributed by atoms with Gasteiger partial charge in [0, 0.05) is 18.5 Å². The van der Waals surface area contributed by atoms with E-state index in [2.05, 4.69) is 4.98 Å². The van der Waals surface area contributed by atoms with Gasteiger partial charge in [0.2, 0.25) is 0 Å². The molecule has 20 heavy (non-hydrogen) atoms. The minimum absolute atomic E-state index is 0.0115. The van der Waals surface area contributed by atoms with Gasteiger partial charge in [-0.3, -0.25) is 14.7 Å². The van der Waals surface area contributed by atoms with Crippen LogP contribution in [-0.4, -0.2) is 14.5 Å². The van der Waals surface area contributed by atoms with Crippen molar-refractivity contribution in [2.75, 3.05) is 0 Å². The summed E-state index contributed by atoms with van der Waals surface area (Å²) in [4.78, 5) is 13.7. The summed E-state index contributed by atoms with van der Waals surface area (Å²) in [5, 5.41) is 10.8. The summed E-state index contributed by atoms with van der Waals surface area (Å²) in [6, 6.07) is 3.64. The highest BCUT2D eigenvalue weighted by Gasteiger charge is 2.14. The lowest BCUT2D eigenvalue weighted by atomic mass is 10.3. The third-order valence-corrected chi connectivity index (χ3v) is 2.75. The summed E-state index contributed by atoms with van der Waals surface area (Å²) in [7, 11) is 0. The van der Waals surface area contributed by atoms with Crippen molar-refractivity contribution in [1.29, 1.82) is 0 Å². The zero-order chi connectivity index (χ0) is 14.7. The van der Waals surface area contributed by atoms with Gasteiger partial charge in [-0.15, -0.1) is 0 Å². The summed E-state index contributed by atoms with van der Waals surface area (Å²) < 4.78 is 31.0. The van der Waals surface area contributed by atoms with E-state index in [1.54, 1.807) is 0 Å². The van der Waals surface area contributed by atoms with Gasteiger partial charge in [0.05, 0.1) is 16.0 Å². The molecule has 1 aromatic carbocycles. The van der Waals surface area contributed by atoms with E-state index < -0.39 is 11.5 Å². The third kappa shape index (κ3) is 3.02. The second-order valence-electron chi connectivity index (χ2n) is 3.69. The van der Waals surface area contributed by atoms with Gasteiger partial charge >= 0.3 is 6.55 Å². The van der Waals surface area contributed by atoms with E-state index in [1.807, 2.05) is 0 Å². The molecule has 0 aliphatic heterocycles. The second-order valence-corrected chi connectivity index (χ2v) is 4.10. The number of imidazole rings is 1. The highest BCUT2D eigenvalue weighted by molar-refractivity contribution is 6.32. The zero-order valence-electron chi connectivity index (χ0n) is 9.87. The highest BCUT2D eigenvalue weighted by atomic mass is 35.5. The van der Waals surface area contributed by atoms with Crippen LogP contribution in [0.2, 0.25) is 5.02 Å². The van der Waals surface area contributed by atoms with E-state index >= 15 is 0 Å². The molecule has 0 atom stereocenters. The first kappa shape index (κ1) is 14.2. The first-order valence-corrected chi connectivity index (χ1v) is 5.73. The first-order chi connectivity index (χ1) is 9.49. The molecule has 0 bridgehead atoms. The second kappa shape index (κ2) is 5.83. The molecule has 0 N–H and O–H groups in total. The predicted molar refractivity (Wildman–Crippen MR) is 65.9 cm³/mol. The quantitative estimate of drug-likeness (QED) is 0.627. The summed E-state index contributed by atoms with van der Waals surface area (Å²) >= 11 is 5.82. The fourth-order valence-electron chi connectivity index (χ4n) is 1.49. The highest BCUT2D eigenvalue weighted by Crippen LogP contribution is 2.29. The molecule has 1 heterocycles. The number of alkyl halides is 2. The number of halogens is 3. The van der Waals surface area contributed by atoms with E-state index in [-0.39, 0.29) is 28.9 Å². The number of hydrogen-bond acceptors (Lipinski definition) is 4. The van der Waals surface area contributed by atoms with Crippen LogP contribution in [0.4, 0.5) is 14.5 Å². The molecular formula is C11H8ClF2N3O3. The van der Waals surface area contributed by atoms with E-state index in [0.717, 1.165) is 12.3 Å². The number of nitro groups is 1. The Hall–Kier alpha value is -2.22. The molecule has 0 aliphatic rings. The molecule has 6 nitrogen and oxygen atoms in total. The van der Waals surface area contributed by atoms with Crippen molar-refractivity contribution >= 4 is 17.3 Å². The largest absolute Gasteiger partial charge is 0.484 e. The van der Waals surface area contributed by atoms with Gasteiger partial charge in [-0.25, -0.2) is 4.98 Å². The number of benzene rings is 1. The Morgan fingerprint density at radius 1 is 1.50 bits per heavy atom. The Morgan fingerprint density at radius 2 is 2.25 bits per heavy atom. The molecule has 0 fully saturated rings. The Kier molecular flexibility index (Phi) is 4.14. The van der Waals surface area contributed by atoms with E-state index in [1.165, 1.54) is 18.3 Å². The van der Waals surface area contributed by atoms with Crippen LogP contribution in [0.25, 0.3) is 0 Å². The fourth-order valence-corrected chi connectivity index (χ4v) is 1.66. The van der Waals surface area contributed by atoms with Crippen molar-refractivity contribution < 1.29 is 18.4 Å². The van der Waals surface area contributed by atoms with Crippen molar-refractivity contribution in [2.24, 2.45) is 0 Å². The molecule has 0 spiro atoms. The molecular weight excluding hydrogens is 296 g/mol. The van der Waals surface area contributed by atoms with Crippen LogP contribution in [0.15, 0.2) is 30.6 Å². The summed E-state index contributed by atoms with van der Waals surface area (Å²) in [6.07, 6.45) is 2.32. The minimum Gasteiger partial charge on any atom is -0.484 e. The number of nitro benzene ring substituents is 1. The van der Waals surface area contributed by atoms with Gasteiger partial charge in [-0.2, -0.15) is 8.78 Å². The maximum atomic E-state index is 12.6. The number of aromatic nitrogens is 2. The van der Waals surface area contributed by atoms with Crippen LogP contribution in [-0.2, 0) is 6.61 Å². The van der Waals surface area contributed by atoms with E-state index in [4.69, 9.17) is 16.3 Å². The van der Waals surface area contributed by atoms with Crippen LogP contribution in [0.1, 0.15) is 12.4 Å². The number of ether oxygens (including phenoxy) is 1. The maximum Gasteiger partial charge on any atom is 0.320 e.